The lowest BCUT2D eigenvalue weighted by Gasteiger charge is -2.38. The molecular weight excluding hydrogens is 419 g/mol. The third-order valence-electron chi connectivity index (χ3n) is 6.24. The van der Waals surface area contributed by atoms with Crippen molar-refractivity contribution >= 4 is 17.0 Å². The zero-order valence-electron chi connectivity index (χ0n) is 17.8. The molecule has 0 spiro atoms. The summed E-state index contributed by atoms with van der Waals surface area (Å²) < 4.78 is 38.4. The third-order valence-corrected chi connectivity index (χ3v) is 6.24. The maximum Gasteiger partial charge on any atom is 0.416 e. The van der Waals surface area contributed by atoms with Crippen molar-refractivity contribution in [1.82, 2.24) is 14.9 Å². The second kappa shape index (κ2) is 8.94. The average Bonchev–Trinajstić information content (AvgIpc) is 3.10. The van der Waals surface area contributed by atoms with Crippen LogP contribution >= 0.6 is 0 Å². The van der Waals surface area contributed by atoms with Gasteiger partial charge in [-0.2, -0.15) is 13.2 Å². The number of nitrogens with one attached hydrogen (secondary N) is 1. The first-order valence-electron chi connectivity index (χ1n) is 10.7. The molecule has 0 saturated carbocycles. The quantitative estimate of drug-likeness (QED) is 0.557. The number of fused-ring (bicyclic) bond motifs is 1. The number of rotatable bonds is 6. The molecule has 1 aromatic heterocycles. The van der Waals surface area contributed by atoms with Crippen molar-refractivity contribution < 1.29 is 23.1 Å². The first-order chi connectivity index (χ1) is 15.2. The predicted octanol–water partition coefficient (Wildman–Crippen LogP) is 5.05. The zero-order valence-corrected chi connectivity index (χ0v) is 17.8. The number of benzene rings is 2. The highest BCUT2D eigenvalue weighted by atomic mass is 19.4. The van der Waals surface area contributed by atoms with Crippen LogP contribution in [0.2, 0.25) is 0 Å². The number of alkyl halides is 3. The summed E-state index contributed by atoms with van der Waals surface area (Å²) in [5, 5.41) is 9.36. The van der Waals surface area contributed by atoms with Gasteiger partial charge in [0.1, 0.15) is 5.82 Å². The van der Waals surface area contributed by atoms with E-state index in [1.165, 1.54) is 12.1 Å². The summed E-state index contributed by atoms with van der Waals surface area (Å²) in [6, 6.07) is 11.3. The third kappa shape index (κ3) is 5.30. The van der Waals surface area contributed by atoms with Gasteiger partial charge in [0.15, 0.2) is 0 Å². The molecule has 170 valence electrons. The summed E-state index contributed by atoms with van der Waals surface area (Å²) >= 11 is 0. The van der Waals surface area contributed by atoms with Gasteiger partial charge in [-0.05, 0) is 67.1 Å². The number of nitrogens with zero attached hydrogens (tertiary/aromatic N) is 2. The number of carbonyl (C=O) groups is 1. The fraction of sp³-hybridized carbons (Fsp3) is 0.417. The van der Waals surface area contributed by atoms with E-state index in [-0.39, 0.29) is 18.3 Å². The van der Waals surface area contributed by atoms with E-state index in [1.807, 2.05) is 25.1 Å². The first-order valence-corrected chi connectivity index (χ1v) is 10.7. The number of aromatic amines is 1. The molecule has 32 heavy (non-hydrogen) atoms. The molecule has 5 nitrogen and oxygen atoms in total. The molecule has 2 unspecified atom stereocenters. The van der Waals surface area contributed by atoms with E-state index in [2.05, 4.69) is 14.9 Å². The summed E-state index contributed by atoms with van der Waals surface area (Å²) in [4.78, 5) is 21.6. The standard InChI is InChI=1S/C24H26F3N3O2/c1-15-2-7-20-21(10-15)29-22(28-20)11-18-14-30(9-8-17(18)12-23(31)32)13-16-3-5-19(6-4-16)24(25,26)27/h2-7,10,17-18H,8-9,11-14H2,1H3,(H,28,29)(H,31,32). The van der Waals surface area contributed by atoms with Gasteiger partial charge in [-0.25, -0.2) is 4.98 Å². The van der Waals surface area contributed by atoms with Crippen LogP contribution in [0.25, 0.3) is 11.0 Å². The molecule has 1 aliphatic heterocycles. The minimum atomic E-state index is -4.34. The van der Waals surface area contributed by atoms with Crippen LogP contribution in [0.5, 0.6) is 0 Å². The Morgan fingerprint density at radius 2 is 1.94 bits per heavy atom. The summed E-state index contributed by atoms with van der Waals surface area (Å²) in [5.41, 5.74) is 3.15. The lowest BCUT2D eigenvalue weighted by atomic mass is 9.81. The highest BCUT2D eigenvalue weighted by Crippen LogP contribution is 2.32. The van der Waals surface area contributed by atoms with Crippen molar-refractivity contribution in [1.29, 1.82) is 0 Å². The number of aliphatic carboxylic acids is 1. The van der Waals surface area contributed by atoms with Crippen molar-refractivity contribution in [3.63, 3.8) is 0 Å². The van der Waals surface area contributed by atoms with E-state index in [9.17, 15) is 23.1 Å². The van der Waals surface area contributed by atoms with Crippen LogP contribution in [-0.2, 0) is 23.9 Å². The maximum atomic E-state index is 12.8. The van der Waals surface area contributed by atoms with Crippen LogP contribution < -0.4 is 0 Å². The summed E-state index contributed by atoms with van der Waals surface area (Å²) in [6.45, 7) is 3.95. The topological polar surface area (TPSA) is 69.2 Å². The Balaban J connectivity index is 1.48. The fourth-order valence-electron chi connectivity index (χ4n) is 4.60. The first kappa shape index (κ1) is 22.3. The number of aromatic nitrogens is 2. The molecule has 2 aromatic carbocycles. The zero-order chi connectivity index (χ0) is 22.9. The highest BCUT2D eigenvalue weighted by Gasteiger charge is 2.32. The number of aryl methyl sites for hydroxylation is 1. The van der Waals surface area contributed by atoms with E-state index in [4.69, 9.17) is 0 Å². The molecular formula is C24H26F3N3O2. The average molecular weight is 445 g/mol. The minimum Gasteiger partial charge on any atom is -0.481 e. The van der Waals surface area contributed by atoms with Crippen molar-refractivity contribution in [2.75, 3.05) is 13.1 Å². The van der Waals surface area contributed by atoms with Gasteiger partial charge in [0.05, 0.1) is 16.6 Å². The smallest absolute Gasteiger partial charge is 0.416 e. The number of hydrogen-bond donors (Lipinski definition) is 2. The summed E-state index contributed by atoms with van der Waals surface area (Å²) in [6.07, 6.45) is -2.87. The molecule has 1 aliphatic rings. The van der Waals surface area contributed by atoms with E-state index in [1.54, 1.807) is 0 Å². The number of imidazole rings is 1. The van der Waals surface area contributed by atoms with Gasteiger partial charge < -0.3 is 10.1 Å². The lowest BCUT2D eigenvalue weighted by molar-refractivity contribution is -0.139. The monoisotopic (exact) mass is 445 g/mol. The number of H-pyrrole nitrogens is 1. The Labute approximate surface area is 184 Å². The molecule has 8 heteroatoms. The van der Waals surface area contributed by atoms with Crippen molar-refractivity contribution in [3.05, 3.63) is 65.0 Å². The molecule has 1 saturated heterocycles. The van der Waals surface area contributed by atoms with Gasteiger partial charge in [0.25, 0.3) is 0 Å². The van der Waals surface area contributed by atoms with Crippen molar-refractivity contribution in [3.8, 4) is 0 Å². The Morgan fingerprint density at radius 1 is 1.19 bits per heavy atom. The molecule has 2 atom stereocenters. The Bertz CT molecular complexity index is 1090. The predicted molar refractivity (Wildman–Crippen MR) is 115 cm³/mol. The largest absolute Gasteiger partial charge is 0.481 e. The highest BCUT2D eigenvalue weighted by molar-refractivity contribution is 5.75. The molecule has 0 amide bonds. The van der Waals surface area contributed by atoms with Gasteiger partial charge >= 0.3 is 12.1 Å². The fourth-order valence-corrected chi connectivity index (χ4v) is 4.60. The molecule has 2 heterocycles. The Kier molecular flexibility index (Phi) is 6.24. The van der Waals surface area contributed by atoms with Crippen LogP contribution in [0.1, 0.15) is 35.4 Å². The molecule has 0 aliphatic carbocycles. The molecule has 4 rings (SSSR count). The summed E-state index contributed by atoms with van der Waals surface area (Å²) in [7, 11) is 0. The molecule has 3 aromatic rings. The van der Waals surface area contributed by atoms with Gasteiger partial charge in [0, 0.05) is 25.9 Å². The number of carboxylic acid groups (broad SMARTS) is 1. The molecule has 0 bridgehead atoms. The van der Waals surface area contributed by atoms with Crippen LogP contribution in [0.15, 0.2) is 42.5 Å². The van der Waals surface area contributed by atoms with Crippen LogP contribution in [0.4, 0.5) is 13.2 Å². The number of halogens is 3. The number of likely N-dealkylation sites (tertiary alicyclic amines) is 1. The van der Waals surface area contributed by atoms with Gasteiger partial charge in [-0.15, -0.1) is 0 Å². The SMILES string of the molecule is Cc1ccc2nc(CC3CN(Cc4ccc(C(F)(F)F)cc4)CCC3CC(=O)O)[nH]c2c1. The van der Waals surface area contributed by atoms with Gasteiger partial charge in [-0.1, -0.05) is 18.2 Å². The van der Waals surface area contributed by atoms with Crippen molar-refractivity contribution in [2.24, 2.45) is 11.8 Å². The van der Waals surface area contributed by atoms with Gasteiger partial charge in [0.2, 0.25) is 0 Å². The number of hydrogen-bond acceptors (Lipinski definition) is 3. The van der Waals surface area contributed by atoms with E-state index < -0.39 is 17.7 Å². The minimum absolute atomic E-state index is 0.0336. The van der Waals surface area contributed by atoms with E-state index in [0.29, 0.717) is 19.5 Å². The number of carboxylic acids is 1. The second-order valence-electron chi connectivity index (χ2n) is 8.74. The van der Waals surface area contributed by atoms with Crippen LogP contribution in [0, 0.1) is 18.8 Å². The summed E-state index contributed by atoms with van der Waals surface area (Å²) in [5.74, 6) is 0.154. The Morgan fingerprint density at radius 3 is 2.62 bits per heavy atom. The number of piperidine rings is 1. The van der Waals surface area contributed by atoms with E-state index >= 15 is 0 Å². The van der Waals surface area contributed by atoms with E-state index in [0.717, 1.165) is 53.1 Å². The maximum absolute atomic E-state index is 12.8. The lowest BCUT2D eigenvalue weighted by Crippen LogP contribution is -2.41. The molecule has 1 fully saturated rings. The second-order valence-corrected chi connectivity index (χ2v) is 8.74. The Hall–Kier alpha value is -2.87. The van der Waals surface area contributed by atoms with Crippen LogP contribution in [-0.4, -0.2) is 39.0 Å². The normalized spacial score (nSPS) is 20.0. The molecule has 2 N–H and O–H groups in total. The van der Waals surface area contributed by atoms with Crippen LogP contribution in [0.3, 0.4) is 0 Å². The van der Waals surface area contributed by atoms with Crippen molar-refractivity contribution in [2.45, 2.75) is 38.9 Å². The molecule has 0 radical (unpaired) electrons. The van der Waals surface area contributed by atoms with Gasteiger partial charge in [-0.3, -0.25) is 9.69 Å².